The van der Waals surface area contributed by atoms with Crippen molar-refractivity contribution in [2.75, 3.05) is 0 Å². The van der Waals surface area contributed by atoms with Crippen molar-refractivity contribution in [3.63, 3.8) is 0 Å². The molecule has 0 aromatic carbocycles. The molecule has 2 bridgehead atoms. The molecule has 98 valence electrons. The molecule has 3 rings (SSSR count). The van der Waals surface area contributed by atoms with Gasteiger partial charge in [0.2, 0.25) is 0 Å². The van der Waals surface area contributed by atoms with Gasteiger partial charge in [0.1, 0.15) is 0 Å². The molecular formula is C15H18Br2S. The van der Waals surface area contributed by atoms with Gasteiger partial charge in [-0.2, -0.15) is 0 Å². The van der Waals surface area contributed by atoms with Crippen LogP contribution >= 0.6 is 43.2 Å². The van der Waals surface area contributed by atoms with Gasteiger partial charge in [-0.05, 0) is 65.4 Å². The van der Waals surface area contributed by atoms with Crippen LogP contribution < -0.4 is 0 Å². The summed E-state index contributed by atoms with van der Waals surface area (Å²) in [6, 6.07) is 0. The minimum Gasteiger partial charge on any atom is -0.144 e. The number of aryl methyl sites for hydroxylation is 2. The molecule has 2 aliphatic rings. The second-order valence-corrected chi connectivity index (χ2v) is 9.25. The van der Waals surface area contributed by atoms with Crippen molar-refractivity contribution in [1.29, 1.82) is 0 Å². The number of thiophene rings is 1. The molecule has 0 radical (unpaired) electrons. The Labute approximate surface area is 130 Å². The minimum atomic E-state index is 0.426. The molecule has 2 aliphatic carbocycles. The highest BCUT2D eigenvalue weighted by Crippen LogP contribution is 2.65. The van der Waals surface area contributed by atoms with Crippen LogP contribution in [-0.2, 0) is 0 Å². The summed E-state index contributed by atoms with van der Waals surface area (Å²) >= 11 is 9.63. The minimum absolute atomic E-state index is 0.426. The van der Waals surface area contributed by atoms with Crippen LogP contribution in [0, 0.1) is 31.1 Å². The maximum atomic E-state index is 3.92. The zero-order valence-corrected chi connectivity index (χ0v) is 15.2. The summed E-state index contributed by atoms with van der Waals surface area (Å²) in [7, 11) is 0. The first-order valence-corrected chi connectivity index (χ1v) is 8.91. The number of rotatable bonds is 1. The maximum absolute atomic E-state index is 3.92. The molecule has 0 spiro atoms. The van der Waals surface area contributed by atoms with E-state index in [-0.39, 0.29) is 0 Å². The summed E-state index contributed by atoms with van der Waals surface area (Å²) in [5.41, 5.74) is 3.49. The lowest BCUT2D eigenvalue weighted by molar-refractivity contribution is 0.281. The Morgan fingerprint density at radius 2 is 1.67 bits per heavy atom. The Morgan fingerprint density at radius 3 is 2.11 bits per heavy atom. The topological polar surface area (TPSA) is 0 Å². The Balaban J connectivity index is 2.19. The van der Waals surface area contributed by atoms with Crippen molar-refractivity contribution in [3.8, 4) is 0 Å². The average Bonchev–Trinajstić information content (AvgIpc) is 2.77. The summed E-state index contributed by atoms with van der Waals surface area (Å²) in [6.45, 7) is 9.33. The Bertz CT molecular complexity index is 551. The highest BCUT2D eigenvalue weighted by Gasteiger charge is 2.53. The largest absolute Gasteiger partial charge is 0.144 e. The van der Waals surface area contributed by atoms with Crippen LogP contribution in [-0.4, -0.2) is 0 Å². The smallest absolute Gasteiger partial charge is 0.0389 e. The zero-order chi connectivity index (χ0) is 13.2. The van der Waals surface area contributed by atoms with Crippen molar-refractivity contribution in [1.82, 2.24) is 0 Å². The number of halogens is 2. The van der Waals surface area contributed by atoms with E-state index in [1.165, 1.54) is 37.1 Å². The van der Waals surface area contributed by atoms with E-state index in [4.69, 9.17) is 0 Å². The molecule has 0 N–H and O–H groups in total. The Morgan fingerprint density at radius 1 is 1.06 bits per heavy atom. The van der Waals surface area contributed by atoms with Gasteiger partial charge in [0.15, 0.2) is 0 Å². The van der Waals surface area contributed by atoms with E-state index in [2.05, 4.69) is 59.6 Å². The molecule has 0 unspecified atom stereocenters. The molecule has 0 nitrogen and oxygen atoms in total. The molecule has 1 aromatic rings. The van der Waals surface area contributed by atoms with E-state index >= 15 is 0 Å². The van der Waals surface area contributed by atoms with Gasteiger partial charge < -0.3 is 0 Å². The first-order valence-electron chi connectivity index (χ1n) is 6.51. The number of hydrogen-bond donors (Lipinski definition) is 0. The van der Waals surface area contributed by atoms with Gasteiger partial charge in [0.25, 0.3) is 0 Å². The highest BCUT2D eigenvalue weighted by atomic mass is 79.9. The van der Waals surface area contributed by atoms with Gasteiger partial charge in [-0.3, -0.25) is 0 Å². The lowest BCUT2D eigenvalue weighted by atomic mass is 9.78. The molecule has 1 saturated carbocycles. The Kier molecular flexibility index (Phi) is 3.12. The predicted molar refractivity (Wildman–Crippen MR) is 87.3 cm³/mol. The van der Waals surface area contributed by atoms with Crippen molar-refractivity contribution in [2.45, 2.75) is 40.5 Å². The zero-order valence-electron chi connectivity index (χ0n) is 11.2. The molecular weight excluding hydrogens is 372 g/mol. The summed E-state index contributed by atoms with van der Waals surface area (Å²) < 4.78 is 2.80. The normalized spacial score (nSPS) is 29.4. The van der Waals surface area contributed by atoms with E-state index in [1.807, 2.05) is 11.3 Å². The number of hydrogen-bond acceptors (Lipinski definition) is 1. The SMILES string of the molecule is Cc1sc(C)c(C2=C(Br)[C@@H]3CC[C@H]2C3(C)C)c1Br. The standard InChI is InChI=1S/C15H18Br2S/c1-7-11(13(16)8(2)18-7)12-9-5-6-10(14(12)17)15(9,3)4/h9-10H,5-6H2,1-4H3/t9-,10+/m1/s1. The van der Waals surface area contributed by atoms with E-state index in [0.29, 0.717) is 5.41 Å². The van der Waals surface area contributed by atoms with Crippen LogP contribution in [0.2, 0.25) is 0 Å². The first-order chi connectivity index (χ1) is 8.35. The van der Waals surface area contributed by atoms with Crippen LogP contribution in [0.5, 0.6) is 0 Å². The van der Waals surface area contributed by atoms with Crippen LogP contribution in [0.15, 0.2) is 8.96 Å². The van der Waals surface area contributed by atoms with E-state index in [0.717, 1.165) is 11.8 Å². The second-order valence-electron chi connectivity index (χ2n) is 6.17. The lowest BCUT2D eigenvalue weighted by Crippen LogP contribution is -2.19. The highest BCUT2D eigenvalue weighted by molar-refractivity contribution is 9.12. The summed E-state index contributed by atoms with van der Waals surface area (Å²) in [4.78, 5) is 2.85. The third-order valence-corrected chi connectivity index (χ3v) is 8.16. The molecule has 1 fully saturated rings. The van der Waals surface area contributed by atoms with Crippen LogP contribution in [0.4, 0.5) is 0 Å². The molecule has 1 heterocycles. The van der Waals surface area contributed by atoms with Gasteiger partial charge in [-0.25, -0.2) is 0 Å². The number of fused-ring (bicyclic) bond motifs is 2. The monoisotopic (exact) mass is 388 g/mol. The second kappa shape index (κ2) is 4.20. The molecule has 0 amide bonds. The van der Waals surface area contributed by atoms with Gasteiger partial charge in [-0.1, -0.05) is 29.8 Å². The molecule has 0 aliphatic heterocycles. The third kappa shape index (κ3) is 1.59. The molecule has 18 heavy (non-hydrogen) atoms. The van der Waals surface area contributed by atoms with Crippen LogP contribution in [0.1, 0.15) is 42.0 Å². The van der Waals surface area contributed by atoms with Crippen LogP contribution in [0.3, 0.4) is 0 Å². The molecule has 1 aromatic heterocycles. The van der Waals surface area contributed by atoms with Crippen molar-refractivity contribution in [2.24, 2.45) is 17.3 Å². The van der Waals surface area contributed by atoms with Crippen molar-refractivity contribution in [3.05, 3.63) is 24.3 Å². The fourth-order valence-corrected chi connectivity index (χ4v) is 7.05. The van der Waals surface area contributed by atoms with E-state index in [9.17, 15) is 0 Å². The average molecular weight is 390 g/mol. The van der Waals surface area contributed by atoms with Gasteiger partial charge >= 0.3 is 0 Å². The van der Waals surface area contributed by atoms with Gasteiger partial charge in [-0.15, -0.1) is 11.3 Å². The summed E-state index contributed by atoms with van der Waals surface area (Å²) in [5, 5.41) is 0. The van der Waals surface area contributed by atoms with Gasteiger partial charge in [0.05, 0.1) is 0 Å². The molecule has 2 atom stereocenters. The fraction of sp³-hybridized carbons (Fsp3) is 0.600. The summed E-state index contributed by atoms with van der Waals surface area (Å²) in [5.74, 6) is 1.45. The van der Waals surface area contributed by atoms with E-state index in [1.54, 1.807) is 5.57 Å². The maximum Gasteiger partial charge on any atom is 0.0389 e. The summed E-state index contributed by atoms with van der Waals surface area (Å²) in [6.07, 6.45) is 2.70. The predicted octanol–water partition coefficient (Wildman–Crippen LogP) is 6.30. The fourth-order valence-electron chi connectivity index (χ4n) is 3.90. The van der Waals surface area contributed by atoms with E-state index < -0.39 is 0 Å². The molecule has 0 saturated heterocycles. The van der Waals surface area contributed by atoms with Gasteiger partial charge in [0, 0.05) is 24.3 Å². The van der Waals surface area contributed by atoms with Crippen molar-refractivity contribution >= 4 is 48.8 Å². The quantitative estimate of drug-likeness (QED) is 0.528. The third-order valence-electron chi connectivity index (χ3n) is 4.91. The first kappa shape index (κ1) is 13.4. The number of allylic oxidation sites excluding steroid dienone is 2. The Hall–Kier alpha value is 0.400. The molecule has 3 heteroatoms. The van der Waals surface area contributed by atoms with Crippen molar-refractivity contribution < 1.29 is 0 Å². The van der Waals surface area contributed by atoms with Crippen LogP contribution in [0.25, 0.3) is 5.57 Å². The lowest BCUT2D eigenvalue weighted by Gasteiger charge is -2.26.